The molecule has 270 valence electrons. The first-order valence-corrected chi connectivity index (χ1v) is 19.6. The van der Waals surface area contributed by atoms with E-state index in [0.717, 1.165) is 60.8 Å². The maximum Gasteiger partial charge on any atom is 0.238 e. The fraction of sp³-hybridized carbons (Fsp3) is 0. The highest BCUT2D eigenvalue weighted by atomic mass is 15.2. The Labute approximate surface area is 333 Å². The van der Waals surface area contributed by atoms with Gasteiger partial charge < -0.3 is 4.57 Å². The van der Waals surface area contributed by atoms with Gasteiger partial charge in [0.1, 0.15) is 0 Å². The summed E-state index contributed by atoms with van der Waals surface area (Å²) < 4.78 is 4.53. The summed E-state index contributed by atoms with van der Waals surface area (Å²) in [6.07, 6.45) is 0. The zero-order valence-electron chi connectivity index (χ0n) is 31.3. The zero-order chi connectivity index (χ0) is 38.2. The van der Waals surface area contributed by atoms with E-state index in [1.807, 2.05) is 0 Å². The number of rotatable bonds is 5. The smallest absolute Gasteiger partial charge is 0.238 e. The van der Waals surface area contributed by atoms with E-state index in [9.17, 15) is 0 Å². The molecule has 0 spiro atoms. The number of para-hydroxylation sites is 5. The Bertz CT molecular complexity index is 3490. The summed E-state index contributed by atoms with van der Waals surface area (Å²) in [6, 6.07) is 70.9. The minimum absolute atomic E-state index is 0.564. The third-order valence-electron chi connectivity index (χ3n) is 11.6. The van der Waals surface area contributed by atoms with E-state index in [-0.39, 0.29) is 0 Å². The SMILES string of the molecule is c1ccc(-c2nc(-c3ccccc3-n3c4ccccc4c4ccccc43)nc(-n3c4ccccc4c4ccccc43)n2)c(-c2ccc3ccc4ccccc4c3c2)c1. The van der Waals surface area contributed by atoms with Gasteiger partial charge in [0, 0.05) is 32.7 Å². The first-order valence-electron chi connectivity index (χ1n) is 19.6. The minimum Gasteiger partial charge on any atom is -0.309 e. The molecule has 0 bridgehead atoms. The molecular weight excluding hydrogens is 707 g/mol. The highest BCUT2D eigenvalue weighted by Gasteiger charge is 2.22. The Morgan fingerprint density at radius 2 is 0.724 bits per heavy atom. The second-order valence-corrected chi connectivity index (χ2v) is 14.8. The Morgan fingerprint density at radius 3 is 1.34 bits per heavy atom. The molecule has 0 aliphatic carbocycles. The zero-order valence-corrected chi connectivity index (χ0v) is 31.3. The number of hydrogen-bond acceptors (Lipinski definition) is 3. The van der Waals surface area contributed by atoms with Crippen LogP contribution in [0.15, 0.2) is 200 Å². The molecule has 0 unspecified atom stereocenters. The summed E-state index contributed by atoms with van der Waals surface area (Å²) >= 11 is 0. The average Bonchev–Trinajstić information content (AvgIpc) is 3.82. The number of benzene rings is 9. The van der Waals surface area contributed by atoms with Crippen molar-refractivity contribution in [3.63, 3.8) is 0 Å². The minimum atomic E-state index is 0.564. The van der Waals surface area contributed by atoms with Crippen molar-refractivity contribution in [2.45, 2.75) is 0 Å². The van der Waals surface area contributed by atoms with Crippen LogP contribution in [-0.4, -0.2) is 24.1 Å². The third-order valence-corrected chi connectivity index (χ3v) is 11.6. The van der Waals surface area contributed by atoms with Crippen LogP contribution in [-0.2, 0) is 0 Å². The summed E-state index contributed by atoms with van der Waals surface area (Å²) in [6.45, 7) is 0. The van der Waals surface area contributed by atoms with Gasteiger partial charge in [0.2, 0.25) is 5.95 Å². The van der Waals surface area contributed by atoms with Crippen molar-refractivity contribution in [2.75, 3.05) is 0 Å². The standard InChI is InChI=1S/C53H33N5/c1-2-16-37-34(15-1)29-30-35-31-32-36(33-45(35)37)38-17-3-4-22-43(38)51-54-52(56-53(55-51)58-48-26-12-7-20-41(48)42-21-8-13-27-49(42)58)44-23-9-14-28-50(44)57-46-24-10-5-18-39(46)40-19-6-11-25-47(40)57/h1-33H. The second kappa shape index (κ2) is 12.8. The summed E-state index contributed by atoms with van der Waals surface area (Å²) in [4.78, 5) is 16.2. The van der Waals surface area contributed by atoms with E-state index < -0.39 is 0 Å². The molecular formula is C53H33N5. The highest BCUT2D eigenvalue weighted by molar-refractivity contribution is 6.11. The van der Waals surface area contributed by atoms with Gasteiger partial charge in [0.15, 0.2) is 11.6 Å². The molecule has 0 fully saturated rings. The fourth-order valence-electron chi connectivity index (χ4n) is 8.98. The van der Waals surface area contributed by atoms with Gasteiger partial charge in [0.05, 0.1) is 27.8 Å². The maximum atomic E-state index is 5.42. The quantitative estimate of drug-likeness (QED) is 0.165. The molecule has 0 N–H and O–H groups in total. The largest absolute Gasteiger partial charge is 0.309 e. The van der Waals surface area contributed by atoms with Gasteiger partial charge >= 0.3 is 0 Å². The third kappa shape index (κ3) is 4.93. The molecule has 5 nitrogen and oxygen atoms in total. The van der Waals surface area contributed by atoms with Gasteiger partial charge in [-0.05, 0) is 75.1 Å². The van der Waals surface area contributed by atoms with E-state index in [1.165, 1.54) is 32.3 Å². The normalized spacial score (nSPS) is 11.8. The van der Waals surface area contributed by atoms with Gasteiger partial charge in [-0.1, -0.05) is 158 Å². The second-order valence-electron chi connectivity index (χ2n) is 14.8. The van der Waals surface area contributed by atoms with Crippen LogP contribution in [0.25, 0.3) is 111 Å². The number of aromatic nitrogens is 5. The van der Waals surface area contributed by atoms with E-state index in [2.05, 4.69) is 209 Å². The van der Waals surface area contributed by atoms with E-state index in [4.69, 9.17) is 15.0 Å². The molecule has 0 saturated heterocycles. The van der Waals surface area contributed by atoms with Crippen LogP contribution in [0.4, 0.5) is 0 Å². The van der Waals surface area contributed by atoms with Crippen molar-refractivity contribution in [3.05, 3.63) is 200 Å². The lowest BCUT2D eigenvalue weighted by molar-refractivity contribution is 0.952. The number of fused-ring (bicyclic) bond motifs is 9. The van der Waals surface area contributed by atoms with Crippen molar-refractivity contribution in [1.82, 2.24) is 24.1 Å². The number of hydrogen-bond donors (Lipinski definition) is 0. The van der Waals surface area contributed by atoms with Crippen LogP contribution < -0.4 is 0 Å². The Kier molecular flexibility index (Phi) is 7.16. The lowest BCUT2D eigenvalue weighted by atomic mass is 9.94. The number of nitrogens with zero attached hydrogens (tertiary/aromatic N) is 5. The van der Waals surface area contributed by atoms with Crippen LogP contribution in [0.2, 0.25) is 0 Å². The molecule has 58 heavy (non-hydrogen) atoms. The molecule has 0 aliphatic rings. The van der Waals surface area contributed by atoms with Gasteiger partial charge in [-0.3, -0.25) is 4.57 Å². The summed E-state index contributed by atoms with van der Waals surface area (Å²) in [5.41, 5.74) is 9.33. The molecule has 5 heteroatoms. The molecule has 3 aromatic heterocycles. The summed E-state index contributed by atoms with van der Waals surface area (Å²) in [5, 5.41) is 9.58. The lowest BCUT2D eigenvalue weighted by Gasteiger charge is -2.16. The van der Waals surface area contributed by atoms with Gasteiger partial charge in [0.25, 0.3) is 0 Å². The predicted molar refractivity (Wildman–Crippen MR) is 240 cm³/mol. The van der Waals surface area contributed by atoms with E-state index >= 15 is 0 Å². The molecule has 0 radical (unpaired) electrons. The van der Waals surface area contributed by atoms with Gasteiger partial charge in [-0.2, -0.15) is 9.97 Å². The average molecular weight is 740 g/mol. The topological polar surface area (TPSA) is 48.5 Å². The van der Waals surface area contributed by atoms with Crippen LogP contribution in [0, 0.1) is 0 Å². The van der Waals surface area contributed by atoms with Crippen LogP contribution in [0.3, 0.4) is 0 Å². The first-order chi connectivity index (χ1) is 28.8. The molecule has 0 atom stereocenters. The van der Waals surface area contributed by atoms with Crippen LogP contribution >= 0.6 is 0 Å². The Balaban J connectivity index is 1.14. The Morgan fingerprint density at radius 1 is 0.293 bits per heavy atom. The van der Waals surface area contributed by atoms with Crippen LogP contribution in [0.1, 0.15) is 0 Å². The summed E-state index contributed by atoms with van der Waals surface area (Å²) in [7, 11) is 0. The van der Waals surface area contributed by atoms with Crippen molar-refractivity contribution in [3.8, 4) is 45.5 Å². The molecule has 0 amide bonds. The first kappa shape index (κ1) is 32.4. The van der Waals surface area contributed by atoms with Crippen LogP contribution in [0.5, 0.6) is 0 Å². The van der Waals surface area contributed by atoms with Gasteiger partial charge in [-0.25, -0.2) is 4.98 Å². The van der Waals surface area contributed by atoms with Crippen molar-refractivity contribution in [1.29, 1.82) is 0 Å². The Hall–Kier alpha value is -7.89. The molecule has 12 aromatic rings. The molecule has 0 aliphatic heterocycles. The highest BCUT2D eigenvalue weighted by Crippen LogP contribution is 2.39. The monoisotopic (exact) mass is 739 g/mol. The molecule has 9 aromatic carbocycles. The molecule has 0 saturated carbocycles. The molecule has 12 rings (SSSR count). The van der Waals surface area contributed by atoms with Crippen molar-refractivity contribution in [2.24, 2.45) is 0 Å². The predicted octanol–water partition coefficient (Wildman–Crippen LogP) is 13.4. The molecule has 3 heterocycles. The maximum absolute atomic E-state index is 5.42. The lowest BCUT2D eigenvalue weighted by Crippen LogP contribution is -2.08. The van der Waals surface area contributed by atoms with Gasteiger partial charge in [-0.15, -0.1) is 0 Å². The van der Waals surface area contributed by atoms with E-state index in [0.29, 0.717) is 17.6 Å². The summed E-state index contributed by atoms with van der Waals surface area (Å²) in [5.74, 6) is 1.76. The van der Waals surface area contributed by atoms with E-state index in [1.54, 1.807) is 0 Å². The van der Waals surface area contributed by atoms with Crippen molar-refractivity contribution < 1.29 is 0 Å². The van der Waals surface area contributed by atoms with Crippen molar-refractivity contribution >= 4 is 65.2 Å². The fourth-order valence-corrected chi connectivity index (χ4v) is 8.98.